The number of nitrogens with zero attached hydrogens (tertiary/aromatic N) is 2. The molecule has 1 saturated heterocycles. The third kappa shape index (κ3) is 1.94. The second-order valence-corrected chi connectivity index (χ2v) is 4.58. The summed E-state index contributed by atoms with van der Waals surface area (Å²) in [7, 11) is 0. The molecule has 72 valence electrons. The van der Waals surface area contributed by atoms with E-state index in [-0.39, 0.29) is 0 Å². The summed E-state index contributed by atoms with van der Waals surface area (Å²) in [5, 5.41) is 3.00. The number of nitrogen functional groups attached to an aromatic ring is 1. The van der Waals surface area contributed by atoms with Gasteiger partial charge >= 0.3 is 0 Å². The number of nitrogens with two attached hydrogens (primary N) is 1. The largest absolute Gasteiger partial charge is 0.383 e. The summed E-state index contributed by atoms with van der Waals surface area (Å²) in [6.07, 6.45) is 2.62. The summed E-state index contributed by atoms with van der Waals surface area (Å²) in [5.41, 5.74) is 5.59. The number of hydrogen-bond acceptors (Lipinski definition) is 4. The van der Waals surface area contributed by atoms with Gasteiger partial charge < -0.3 is 10.6 Å². The Labute approximate surface area is 82.6 Å². The molecule has 1 aliphatic rings. The van der Waals surface area contributed by atoms with Crippen LogP contribution in [0.4, 0.5) is 10.9 Å². The van der Waals surface area contributed by atoms with Crippen LogP contribution in [0.3, 0.4) is 0 Å². The molecule has 0 radical (unpaired) electrons. The molecule has 1 aliphatic heterocycles. The fraction of sp³-hybridized carbons (Fsp3) is 0.667. The maximum absolute atomic E-state index is 5.59. The van der Waals surface area contributed by atoms with Crippen molar-refractivity contribution in [1.29, 1.82) is 0 Å². The number of hydrogen-bond donors (Lipinski definition) is 1. The smallest absolute Gasteiger partial charge is 0.187 e. The summed E-state index contributed by atoms with van der Waals surface area (Å²) >= 11 is 1.65. The van der Waals surface area contributed by atoms with E-state index in [2.05, 4.69) is 16.8 Å². The normalized spacial score (nSPS) is 23.5. The molecule has 13 heavy (non-hydrogen) atoms. The second-order valence-electron chi connectivity index (χ2n) is 3.75. The van der Waals surface area contributed by atoms with E-state index in [1.807, 2.05) is 5.38 Å². The average molecular weight is 197 g/mol. The number of anilines is 2. The van der Waals surface area contributed by atoms with Crippen molar-refractivity contribution >= 4 is 22.3 Å². The molecule has 0 amide bonds. The first-order valence-electron chi connectivity index (χ1n) is 4.71. The van der Waals surface area contributed by atoms with Crippen molar-refractivity contribution in [2.24, 2.45) is 5.92 Å². The lowest BCUT2D eigenvalue weighted by Gasteiger charge is -2.30. The maximum atomic E-state index is 5.59. The van der Waals surface area contributed by atoms with Gasteiger partial charge in [-0.15, -0.1) is 11.3 Å². The van der Waals surface area contributed by atoms with Crippen LogP contribution in [0.5, 0.6) is 0 Å². The van der Waals surface area contributed by atoms with Gasteiger partial charge in [-0.2, -0.15) is 0 Å². The van der Waals surface area contributed by atoms with Crippen molar-refractivity contribution in [3.05, 3.63) is 5.38 Å². The minimum atomic E-state index is 0.651. The number of aromatic nitrogens is 1. The fourth-order valence-corrected chi connectivity index (χ4v) is 2.54. The van der Waals surface area contributed by atoms with Gasteiger partial charge in [0.25, 0.3) is 0 Å². The zero-order chi connectivity index (χ0) is 9.26. The van der Waals surface area contributed by atoms with Gasteiger partial charge in [0.05, 0.1) is 0 Å². The Morgan fingerprint density at radius 3 is 3.15 bits per heavy atom. The van der Waals surface area contributed by atoms with Crippen LogP contribution in [0.2, 0.25) is 0 Å². The Morgan fingerprint density at radius 1 is 1.69 bits per heavy atom. The van der Waals surface area contributed by atoms with Gasteiger partial charge in [0.2, 0.25) is 0 Å². The number of piperidine rings is 1. The molecule has 3 nitrogen and oxygen atoms in total. The van der Waals surface area contributed by atoms with Crippen molar-refractivity contribution < 1.29 is 0 Å². The fourth-order valence-electron chi connectivity index (χ4n) is 1.78. The molecule has 1 aromatic heterocycles. The Hall–Kier alpha value is -0.770. The van der Waals surface area contributed by atoms with Crippen LogP contribution in [0.1, 0.15) is 19.8 Å². The van der Waals surface area contributed by atoms with Crippen molar-refractivity contribution in [2.75, 3.05) is 23.7 Å². The highest BCUT2D eigenvalue weighted by atomic mass is 32.1. The molecular formula is C9H15N3S. The molecule has 0 aromatic carbocycles. The first-order chi connectivity index (χ1) is 6.25. The Kier molecular flexibility index (Phi) is 2.40. The summed E-state index contributed by atoms with van der Waals surface area (Å²) in [4.78, 5) is 6.63. The quantitative estimate of drug-likeness (QED) is 0.748. The predicted molar refractivity (Wildman–Crippen MR) is 57.1 cm³/mol. The van der Waals surface area contributed by atoms with E-state index in [4.69, 9.17) is 5.73 Å². The van der Waals surface area contributed by atoms with Gasteiger partial charge in [-0.1, -0.05) is 6.92 Å². The molecule has 4 heteroatoms. The van der Waals surface area contributed by atoms with Gasteiger partial charge in [-0.05, 0) is 18.8 Å². The molecular weight excluding hydrogens is 182 g/mol. The van der Waals surface area contributed by atoms with Crippen LogP contribution in [-0.2, 0) is 0 Å². The van der Waals surface area contributed by atoms with E-state index < -0.39 is 0 Å². The molecule has 0 aliphatic carbocycles. The van der Waals surface area contributed by atoms with Crippen molar-refractivity contribution in [3.63, 3.8) is 0 Å². The lowest BCUT2D eigenvalue weighted by atomic mass is 10.0. The van der Waals surface area contributed by atoms with E-state index in [1.54, 1.807) is 11.3 Å². The standard InChI is InChI=1S/C9H15N3S/c1-7-3-2-4-12(5-7)9-11-8(10)6-13-9/h6-7H,2-5,10H2,1H3. The van der Waals surface area contributed by atoms with E-state index >= 15 is 0 Å². The zero-order valence-corrected chi connectivity index (χ0v) is 8.68. The second kappa shape index (κ2) is 3.54. The molecule has 2 N–H and O–H groups in total. The van der Waals surface area contributed by atoms with E-state index in [0.29, 0.717) is 5.82 Å². The average Bonchev–Trinajstić information content (AvgIpc) is 2.52. The summed E-state index contributed by atoms with van der Waals surface area (Å²) in [5.74, 6) is 1.44. The molecule has 0 spiro atoms. The molecule has 1 unspecified atom stereocenters. The van der Waals surface area contributed by atoms with Gasteiger partial charge in [0.15, 0.2) is 5.13 Å². The highest BCUT2D eigenvalue weighted by molar-refractivity contribution is 7.14. The summed E-state index contributed by atoms with van der Waals surface area (Å²) in [6.45, 7) is 4.56. The predicted octanol–water partition coefficient (Wildman–Crippen LogP) is 1.96. The lowest BCUT2D eigenvalue weighted by Crippen LogP contribution is -2.34. The summed E-state index contributed by atoms with van der Waals surface area (Å²) < 4.78 is 0. The molecule has 0 saturated carbocycles. The van der Waals surface area contributed by atoms with Crippen molar-refractivity contribution in [2.45, 2.75) is 19.8 Å². The Balaban J connectivity index is 2.08. The zero-order valence-electron chi connectivity index (χ0n) is 7.86. The number of thiazole rings is 1. The molecule has 1 atom stereocenters. The van der Waals surface area contributed by atoms with E-state index in [9.17, 15) is 0 Å². The third-order valence-corrected chi connectivity index (χ3v) is 3.36. The molecule has 1 fully saturated rings. The maximum Gasteiger partial charge on any atom is 0.187 e. The van der Waals surface area contributed by atoms with Crippen LogP contribution in [0.25, 0.3) is 0 Å². The van der Waals surface area contributed by atoms with Gasteiger partial charge in [-0.3, -0.25) is 0 Å². The van der Waals surface area contributed by atoms with Crippen molar-refractivity contribution in [1.82, 2.24) is 4.98 Å². The van der Waals surface area contributed by atoms with Crippen LogP contribution in [0.15, 0.2) is 5.38 Å². The topological polar surface area (TPSA) is 42.2 Å². The SMILES string of the molecule is CC1CCCN(c2nc(N)cs2)C1. The summed E-state index contributed by atoms with van der Waals surface area (Å²) in [6, 6.07) is 0. The first-order valence-corrected chi connectivity index (χ1v) is 5.59. The van der Waals surface area contributed by atoms with Gasteiger partial charge in [0.1, 0.15) is 5.82 Å². The van der Waals surface area contributed by atoms with Crippen LogP contribution in [0, 0.1) is 5.92 Å². The minimum absolute atomic E-state index is 0.651. The third-order valence-electron chi connectivity index (χ3n) is 2.44. The van der Waals surface area contributed by atoms with Crippen LogP contribution >= 0.6 is 11.3 Å². The lowest BCUT2D eigenvalue weighted by molar-refractivity contribution is 0.446. The molecule has 0 bridgehead atoms. The minimum Gasteiger partial charge on any atom is -0.383 e. The highest BCUT2D eigenvalue weighted by Gasteiger charge is 2.18. The first kappa shape index (κ1) is 8.81. The van der Waals surface area contributed by atoms with Crippen molar-refractivity contribution in [3.8, 4) is 0 Å². The molecule has 2 heterocycles. The highest BCUT2D eigenvalue weighted by Crippen LogP contribution is 2.26. The number of rotatable bonds is 1. The molecule has 1 aromatic rings. The van der Waals surface area contributed by atoms with E-state index in [1.165, 1.54) is 12.8 Å². The van der Waals surface area contributed by atoms with Gasteiger partial charge in [-0.25, -0.2) is 4.98 Å². The van der Waals surface area contributed by atoms with Crippen LogP contribution < -0.4 is 10.6 Å². The molecule has 2 rings (SSSR count). The Bertz CT molecular complexity index is 284. The van der Waals surface area contributed by atoms with Crippen LogP contribution in [-0.4, -0.2) is 18.1 Å². The Morgan fingerprint density at radius 2 is 2.54 bits per heavy atom. The monoisotopic (exact) mass is 197 g/mol. The van der Waals surface area contributed by atoms with E-state index in [0.717, 1.165) is 24.1 Å². The van der Waals surface area contributed by atoms with Gasteiger partial charge in [0, 0.05) is 18.5 Å².